The lowest BCUT2D eigenvalue weighted by atomic mass is 10.1. The summed E-state index contributed by atoms with van der Waals surface area (Å²) in [5, 5.41) is 2.82. The van der Waals surface area contributed by atoms with Crippen molar-refractivity contribution in [3.63, 3.8) is 0 Å². The van der Waals surface area contributed by atoms with E-state index in [4.69, 9.17) is 9.47 Å². The third-order valence-electron chi connectivity index (χ3n) is 4.71. The maximum atomic E-state index is 12.5. The van der Waals surface area contributed by atoms with Crippen molar-refractivity contribution in [3.8, 4) is 5.75 Å². The number of alkyl carbamates (subject to hydrolysis) is 1. The Bertz CT molecular complexity index is 650. The number of rotatable bonds is 6. The molecule has 28 heavy (non-hydrogen) atoms. The topological polar surface area (TPSA) is 67.9 Å². The van der Waals surface area contributed by atoms with Crippen LogP contribution in [0.5, 0.6) is 5.75 Å². The fourth-order valence-corrected chi connectivity index (χ4v) is 6.19. The first-order valence-corrected chi connectivity index (χ1v) is 11.9. The normalized spacial score (nSPS) is 20.5. The quantitative estimate of drug-likeness (QED) is 0.752. The summed E-state index contributed by atoms with van der Waals surface area (Å²) < 4.78 is 11.1. The van der Waals surface area contributed by atoms with Crippen LogP contribution in [0, 0.1) is 0 Å². The van der Waals surface area contributed by atoms with Crippen molar-refractivity contribution >= 4 is 35.5 Å². The number of ether oxygens (including phenoxy) is 2. The predicted octanol–water partition coefficient (Wildman–Crippen LogP) is 3.67. The highest BCUT2D eigenvalue weighted by atomic mass is 32.2. The fraction of sp³-hybridized carbons (Fsp3) is 0.600. The Morgan fingerprint density at radius 1 is 1.18 bits per heavy atom. The molecule has 1 unspecified atom stereocenters. The lowest BCUT2D eigenvalue weighted by Gasteiger charge is -2.32. The lowest BCUT2D eigenvalue weighted by Crippen LogP contribution is -2.50. The molecule has 3 rings (SSSR count). The van der Waals surface area contributed by atoms with E-state index in [0.29, 0.717) is 30.0 Å². The Labute approximate surface area is 175 Å². The molecule has 2 saturated heterocycles. The van der Waals surface area contributed by atoms with E-state index in [1.54, 1.807) is 11.8 Å². The van der Waals surface area contributed by atoms with Crippen LogP contribution in [0.2, 0.25) is 0 Å². The van der Waals surface area contributed by atoms with Crippen molar-refractivity contribution < 1.29 is 19.1 Å². The molecule has 0 saturated carbocycles. The lowest BCUT2D eigenvalue weighted by molar-refractivity contribution is -0.134. The zero-order valence-corrected chi connectivity index (χ0v) is 17.9. The molecular weight excluding hydrogens is 396 g/mol. The third-order valence-corrected chi connectivity index (χ3v) is 7.73. The van der Waals surface area contributed by atoms with Crippen LogP contribution in [0.4, 0.5) is 4.79 Å². The molecule has 0 spiro atoms. The SMILES string of the molecule is CCOC(=O)NC1CCCN(C(=O)COc2ccc(C3SCCCS3)cc2)C1. The Kier molecular flexibility index (Phi) is 8.21. The second kappa shape index (κ2) is 10.9. The van der Waals surface area contributed by atoms with Crippen molar-refractivity contribution in [2.24, 2.45) is 0 Å². The number of thioether (sulfide) groups is 2. The Hall–Kier alpha value is -1.54. The van der Waals surface area contributed by atoms with E-state index in [9.17, 15) is 9.59 Å². The van der Waals surface area contributed by atoms with Crippen LogP contribution in [0.3, 0.4) is 0 Å². The zero-order chi connectivity index (χ0) is 19.8. The van der Waals surface area contributed by atoms with E-state index in [-0.39, 0.29) is 18.6 Å². The summed E-state index contributed by atoms with van der Waals surface area (Å²) in [5.74, 6) is 3.08. The van der Waals surface area contributed by atoms with Gasteiger partial charge >= 0.3 is 6.09 Å². The van der Waals surface area contributed by atoms with Gasteiger partial charge in [-0.1, -0.05) is 12.1 Å². The first kappa shape index (κ1) is 21.2. The standard InChI is InChI=1S/C20H28N2O4S2/c1-2-25-20(24)21-16-5-3-10-22(13-16)18(23)14-26-17-8-6-15(7-9-17)19-27-11-4-12-28-19/h6-9,16,19H,2-5,10-14H2,1H3,(H,21,24). The number of amides is 2. The highest BCUT2D eigenvalue weighted by Crippen LogP contribution is 2.43. The molecule has 1 atom stereocenters. The molecule has 1 N–H and O–H groups in total. The van der Waals surface area contributed by atoms with Gasteiger partial charge in [-0.3, -0.25) is 4.79 Å². The molecule has 6 nitrogen and oxygen atoms in total. The van der Waals surface area contributed by atoms with Crippen LogP contribution in [0.25, 0.3) is 0 Å². The molecule has 0 bridgehead atoms. The van der Waals surface area contributed by atoms with Crippen LogP contribution in [-0.2, 0) is 9.53 Å². The average Bonchev–Trinajstić information content (AvgIpc) is 2.73. The van der Waals surface area contributed by atoms with Gasteiger partial charge in [0.1, 0.15) is 5.75 Å². The Morgan fingerprint density at radius 2 is 1.93 bits per heavy atom. The molecule has 2 aliphatic rings. The van der Waals surface area contributed by atoms with Crippen molar-refractivity contribution in [1.29, 1.82) is 0 Å². The van der Waals surface area contributed by atoms with Crippen LogP contribution in [0.1, 0.15) is 36.3 Å². The zero-order valence-electron chi connectivity index (χ0n) is 16.2. The van der Waals surface area contributed by atoms with Gasteiger partial charge in [0.25, 0.3) is 5.91 Å². The van der Waals surface area contributed by atoms with Crippen LogP contribution < -0.4 is 10.1 Å². The molecule has 2 fully saturated rings. The van der Waals surface area contributed by atoms with Crippen LogP contribution in [-0.4, -0.2) is 60.8 Å². The number of nitrogens with one attached hydrogen (secondary N) is 1. The number of hydrogen-bond acceptors (Lipinski definition) is 6. The summed E-state index contributed by atoms with van der Waals surface area (Å²) in [6.45, 7) is 3.31. The Balaban J connectivity index is 1.44. The summed E-state index contributed by atoms with van der Waals surface area (Å²) in [6, 6.07) is 8.01. The van der Waals surface area contributed by atoms with Gasteiger partial charge in [0.2, 0.25) is 0 Å². The second-order valence-electron chi connectivity index (χ2n) is 6.83. The molecule has 2 heterocycles. The van der Waals surface area contributed by atoms with Crippen molar-refractivity contribution in [2.75, 3.05) is 37.8 Å². The van der Waals surface area contributed by atoms with E-state index in [1.165, 1.54) is 23.5 Å². The average molecular weight is 425 g/mol. The molecule has 0 aliphatic carbocycles. The second-order valence-corrected chi connectivity index (χ2v) is 9.55. The molecule has 2 aliphatic heterocycles. The summed E-state index contributed by atoms with van der Waals surface area (Å²) >= 11 is 3.98. The minimum Gasteiger partial charge on any atom is -0.484 e. The van der Waals surface area contributed by atoms with Crippen LogP contribution >= 0.6 is 23.5 Å². The number of hydrogen-bond donors (Lipinski definition) is 1. The predicted molar refractivity (Wildman–Crippen MR) is 114 cm³/mol. The first-order valence-electron chi connectivity index (χ1n) is 9.82. The van der Waals surface area contributed by atoms with Gasteiger partial charge in [0.15, 0.2) is 6.61 Å². The van der Waals surface area contributed by atoms with Gasteiger partial charge in [-0.15, -0.1) is 23.5 Å². The molecule has 0 aromatic heterocycles. The van der Waals surface area contributed by atoms with Crippen molar-refractivity contribution in [2.45, 2.75) is 36.8 Å². The first-order chi connectivity index (χ1) is 13.7. The summed E-state index contributed by atoms with van der Waals surface area (Å²) in [7, 11) is 0. The van der Waals surface area contributed by atoms with E-state index in [2.05, 4.69) is 17.4 Å². The van der Waals surface area contributed by atoms with Crippen LogP contribution in [0.15, 0.2) is 24.3 Å². The summed E-state index contributed by atoms with van der Waals surface area (Å²) in [5.41, 5.74) is 1.30. The summed E-state index contributed by atoms with van der Waals surface area (Å²) in [4.78, 5) is 25.8. The number of benzene rings is 1. The highest BCUT2D eigenvalue weighted by molar-refractivity contribution is 8.16. The summed E-state index contributed by atoms with van der Waals surface area (Å²) in [6.07, 6.45) is 2.56. The van der Waals surface area contributed by atoms with Gasteiger partial charge in [-0.25, -0.2) is 4.79 Å². The van der Waals surface area contributed by atoms with E-state index in [0.717, 1.165) is 12.8 Å². The smallest absolute Gasteiger partial charge is 0.407 e. The maximum Gasteiger partial charge on any atom is 0.407 e. The maximum absolute atomic E-state index is 12.5. The number of piperidine rings is 1. The molecule has 1 aromatic carbocycles. The number of nitrogens with zero attached hydrogens (tertiary/aromatic N) is 1. The molecule has 154 valence electrons. The minimum absolute atomic E-state index is 0.0123. The van der Waals surface area contributed by atoms with Gasteiger partial charge in [0.05, 0.1) is 11.2 Å². The largest absolute Gasteiger partial charge is 0.484 e. The number of carbonyl (C=O) groups excluding carboxylic acids is 2. The number of likely N-dealkylation sites (tertiary alicyclic amines) is 1. The molecule has 1 aromatic rings. The van der Waals surface area contributed by atoms with E-state index >= 15 is 0 Å². The van der Waals surface area contributed by atoms with Gasteiger partial charge in [-0.2, -0.15) is 0 Å². The molecule has 8 heteroatoms. The van der Waals surface area contributed by atoms with Gasteiger partial charge in [-0.05, 0) is 55.4 Å². The van der Waals surface area contributed by atoms with E-state index in [1.807, 2.05) is 35.7 Å². The van der Waals surface area contributed by atoms with Gasteiger partial charge in [0, 0.05) is 19.1 Å². The minimum atomic E-state index is -0.424. The highest BCUT2D eigenvalue weighted by Gasteiger charge is 2.25. The third kappa shape index (κ3) is 6.24. The van der Waals surface area contributed by atoms with Crippen molar-refractivity contribution in [1.82, 2.24) is 10.2 Å². The monoisotopic (exact) mass is 424 g/mol. The Morgan fingerprint density at radius 3 is 2.64 bits per heavy atom. The molecule has 0 radical (unpaired) electrons. The molecular formula is C20H28N2O4S2. The molecule has 2 amide bonds. The van der Waals surface area contributed by atoms with Gasteiger partial charge < -0.3 is 19.7 Å². The fourth-order valence-electron chi connectivity index (χ4n) is 3.30. The van der Waals surface area contributed by atoms with E-state index < -0.39 is 6.09 Å². The number of carbonyl (C=O) groups is 2. The van der Waals surface area contributed by atoms with Crippen molar-refractivity contribution in [3.05, 3.63) is 29.8 Å².